The van der Waals surface area contributed by atoms with E-state index in [0.717, 1.165) is 32.4 Å². The number of alkyl halides is 2. The van der Waals surface area contributed by atoms with Gasteiger partial charge in [-0.2, -0.15) is 0 Å². The van der Waals surface area contributed by atoms with Crippen molar-refractivity contribution in [2.75, 3.05) is 19.6 Å². The number of carbonyl (C=O) groups excluding carboxylic acids is 2. The summed E-state index contributed by atoms with van der Waals surface area (Å²) in [5.41, 5.74) is 0. The molecular formula is C18H28Cl2N2O3. The Morgan fingerprint density at radius 2 is 1.84 bits per heavy atom. The highest BCUT2D eigenvalue weighted by Gasteiger charge is 2.34. The highest BCUT2D eigenvalue weighted by molar-refractivity contribution is 6.30. The van der Waals surface area contributed by atoms with Crippen molar-refractivity contribution in [1.29, 1.82) is 0 Å². The van der Waals surface area contributed by atoms with Crippen LogP contribution >= 0.6 is 23.2 Å². The van der Waals surface area contributed by atoms with Gasteiger partial charge in [0.2, 0.25) is 5.91 Å². The number of aliphatic hydroxyl groups is 1. The lowest BCUT2D eigenvalue weighted by molar-refractivity contribution is -0.127. The predicted octanol–water partition coefficient (Wildman–Crippen LogP) is 2.09. The molecule has 2 N–H and O–H groups in total. The molecule has 0 aromatic carbocycles. The van der Waals surface area contributed by atoms with Crippen molar-refractivity contribution in [2.45, 2.75) is 61.4 Å². The van der Waals surface area contributed by atoms with Crippen LogP contribution in [0.1, 0.15) is 38.5 Å². The van der Waals surface area contributed by atoms with E-state index in [4.69, 9.17) is 23.2 Å². The van der Waals surface area contributed by atoms with E-state index in [1.54, 1.807) is 0 Å². The Morgan fingerprint density at radius 3 is 2.48 bits per heavy atom. The van der Waals surface area contributed by atoms with E-state index in [9.17, 15) is 14.7 Å². The average molecular weight is 391 g/mol. The van der Waals surface area contributed by atoms with E-state index in [1.807, 2.05) is 4.90 Å². The highest BCUT2D eigenvalue weighted by atomic mass is 35.5. The second kappa shape index (κ2) is 9.91. The molecule has 25 heavy (non-hydrogen) atoms. The molecule has 7 heteroatoms. The number of amides is 1. The molecule has 4 atom stereocenters. The molecule has 2 rings (SSSR count). The number of halogens is 2. The zero-order chi connectivity index (χ0) is 18.4. The van der Waals surface area contributed by atoms with Crippen LogP contribution < -0.4 is 5.32 Å². The van der Waals surface area contributed by atoms with Crippen molar-refractivity contribution in [3.8, 4) is 0 Å². The van der Waals surface area contributed by atoms with Gasteiger partial charge in [0.05, 0.1) is 23.4 Å². The van der Waals surface area contributed by atoms with Gasteiger partial charge in [0.15, 0.2) is 0 Å². The Morgan fingerprint density at radius 1 is 1.20 bits per heavy atom. The van der Waals surface area contributed by atoms with Crippen molar-refractivity contribution in [3.05, 3.63) is 12.7 Å². The first-order valence-corrected chi connectivity index (χ1v) is 9.90. The third kappa shape index (κ3) is 6.24. The van der Waals surface area contributed by atoms with Crippen LogP contribution in [-0.4, -0.2) is 64.2 Å². The maximum atomic E-state index is 12.1. The first kappa shape index (κ1) is 20.7. The highest BCUT2D eigenvalue weighted by Crippen LogP contribution is 2.28. The number of nitrogens with zero attached hydrogens (tertiary/aromatic N) is 1. The molecule has 142 valence electrons. The standard InChI is InChI=1S/C18H28Cl2N2O3/c1-2-18(25)22-7-5-12(6-8-22)3-4-13(23)11-21-16-9-14(19)15(20)10-17(16)24/h2,12,14-17,21,24H,1,3-11H2. The summed E-state index contributed by atoms with van der Waals surface area (Å²) in [5.74, 6) is 0.625. The van der Waals surface area contributed by atoms with E-state index in [-0.39, 0.29) is 35.0 Å². The molecule has 0 radical (unpaired) electrons. The number of Topliss-reactive ketones (excluding diaryl/α,β-unsaturated/α-hetero) is 1. The first-order chi connectivity index (χ1) is 11.9. The molecule has 1 amide bonds. The monoisotopic (exact) mass is 390 g/mol. The fraction of sp³-hybridized carbons (Fsp3) is 0.778. The number of aliphatic hydroxyl groups excluding tert-OH is 1. The van der Waals surface area contributed by atoms with Crippen LogP contribution in [0.25, 0.3) is 0 Å². The molecule has 1 saturated heterocycles. The minimum Gasteiger partial charge on any atom is -0.391 e. The molecule has 0 bridgehead atoms. The molecule has 5 nitrogen and oxygen atoms in total. The number of carbonyl (C=O) groups is 2. The molecule has 2 fully saturated rings. The van der Waals surface area contributed by atoms with Crippen LogP contribution in [0.5, 0.6) is 0 Å². The molecule has 0 spiro atoms. The topological polar surface area (TPSA) is 69.6 Å². The van der Waals surface area contributed by atoms with E-state index in [1.165, 1.54) is 6.08 Å². The number of hydrogen-bond donors (Lipinski definition) is 2. The Balaban J connectivity index is 1.63. The maximum absolute atomic E-state index is 12.1. The van der Waals surface area contributed by atoms with Gasteiger partial charge >= 0.3 is 0 Å². The number of piperidine rings is 1. The van der Waals surface area contributed by atoms with Gasteiger partial charge in [-0.25, -0.2) is 0 Å². The largest absolute Gasteiger partial charge is 0.391 e. The number of ketones is 1. The quantitative estimate of drug-likeness (QED) is 0.515. The third-order valence-electron chi connectivity index (χ3n) is 5.30. The summed E-state index contributed by atoms with van der Waals surface area (Å²) < 4.78 is 0. The van der Waals surface area contributed by atoms with Crippen molar-refractivity contribution >= 4 is 34.9 Å². The summed E-state index contributed by atoms with van der Waals surface area (Å²) in [6.45, 7) is 5.25. The number of rotatable bonds is 7. The Bertz CT molecular complexity index is 481. The van der Waals surface area contributed by atoms with E-state index >= 15 is 0 Å². The summed E-state index contributed by atoms with van der Waals surface area (Å²) in [4.78, 5) is 25.5. The van der Waals surface area contributed by atoms with E-state index < -0.39 is 6.10 Å². The second-order valence-electron chi connectivity index (χ2n) is 7.11. The lowest BCUT2D eigenvalue weighted by Gasteiger charge is -2.34. The van der Waals surface area contributed by atoms with Crippen LogP contribution in [0.3, 0.4) is 0 Å². The van der Waals surface area contributed by atoms with Crippen molar-refractivity contribution < 1.29 is 14.7 Å². The minimum absolute atomic E-state index is 0.0125. The van der Waals surface area contributed by atoms with Crippen LogP contribution in [-0.2, 0) is 9.59 Å². The molecule has 0 aromatic rings. The number of likely N-dealkylation sites (tertiary alicyclic amines) is 1. The average Bonchev–Trinajstić information content (AvgIpc) is 2.61. The van der Waals surface area contributed by atoms with Crippen molar-refractivity contribution in [3.63, 3.8) is 0 Å². The summed E-state index contributed by atoms with van der Waals surface area (Å²) in [5, 5.41) is 12.8. The van der Waals surface area contributed by atoms with Gasteiger partial charge in [0.25, 0.3) is 0 Å². The predicted molar refractivity (Wildman–Crippen MR) is 100 cm³/mol. The number of hydrogen-bond acceptors (Lipinski definition) is 4. The molecular weight excluding hydrogens is 363 g/mol. The second-order valence-corrected chi connectivity index (χ2v) is 8.23. The Labute approximate surface area is 159 Å². The van der Waals surface area contributed by atoms with E-state index in [2.05, 4.69) is 11.9 Å². The first-order valence-electron chi connectivity index (χ1n) is 9.03. The van der Waals surface area contributed by atoms with Gasteiger partial charge in [-0.15, -0.1) is 23.2 Å². The minimum atomic E-state index is -0.558. The lowest BCUT2D eigenvalue weighted by Crippen LogP contribution is -2.49. The fourth-order valence-corrected chi connectivity index (χ4v) is 4.16. The van der Waals surface area contributed by atoms with Gasteiger partial charge in [0.1, 0.15) is 5.78 Å². The maximum Gasteiger partial charge on any atom is 0.245 e. The molecule has 0 aromatic heterocycles. The van der Waals surface area contributed by atoms with Gasteiger partial charge < -0.3 is 15.3 Å². The summed E-state index contributed by atoms with van der Waals surface area (Å²) in [7, 11) is 0. The van der Waals surface area contributed by atoms with Crippen LogP contribution in [0, 0.1) is 5.92 Å². The SMILES string of the molecule is C=CC(=O)N1CCC(CCC(=O)CNC2CC(Cl)C(Cl)CC2O)CC1. The Kier molecular flexibility index (Phi) is 8.20. The lowest BCUT2D eigenvalue weighted by atomic mass is 9.90. The van der Waals surface area contributed by atoms with E-state index in [0.29, 0.717) is 25.2 Å². The van der Waals surface area contributed by atoms with Gasteiger partial charge in [-0.05, 0) is 44.1 Å². The summed E-state index contributed by atoms with van der Waals surface area (Å²) >= 11 is 12.2. The summed E-state index contributed by atoms with van der Waals surface area (Å²) in [6, 6.07) is -0.172. The van der Waals surface area contributed by atoms with Gasteiger partial charge in [-0.1, -0.05) is 6.58 Å². The number of nitrogens with one attached hydrogen (secondary N) is 1. The molecule has 1 aliphatic carbocycles. The zero-order valence-electron chi connectivity index (χ0n) is 14.5. The summed E-state index contributed by atoms with van der Waals surface area (Å²) in [6.07, 6.45) is 5.07. The van der Waals surface area contributed by atoms with Crippen molar-refractivity contribution in [2.24, 2.45) is 5.92 Å². The molecule has 4 unspecified atom stereocenters. The molecule has 1 heterocycles. The smallest absolute Gasteiger partial charge is 0.245 e. The van der Waals surface area contributed by atoms with Crippen LogP contribution in [0.15, 0.2) is 12.7 Å². The van der Waals surface area contributed by atoms with Crippen molar-refractivity contribution in [1.82, 2.24) is 10.2 Å². The normalized spacial score (nSPS) is 30.9. The van der Waals surface area contributed by atoms with Crippen LogP contribution in [0.2, 0.25) is 0 Å². The third-order valence-corrected chi connectivity index (χ3v) is 6.39. The Hall–Kier alpha value is -0.620. The molecule has 1 saturated carbocycles. The van der Waals surface area contributed by atoms with Gasteiger partial charge in [-0.3, -0.25) is 9.59 Å². The fourth-order valence-electron chi connectivity index (χ4n) is 3.58. The molecule has 1 aliphatic heterocycles. The molecule has 2 aliphatic rings. The van der Waals surface area contributed by atoms with Gasteiger partial charge in [0, 0.05) is 25.6 Å². The zero-order valence-corrected chi connectivity index (χ0v) is 16.0. The van der Waals surface area contributed by atoms with Crippen LogP contribution in [0.4, 0.5) is 0 Å².